The van der Waals surface area contributed by atoms with Crippen LogP contribution >= 0.6 is 0 Å². The van der Waals surface area contributed by atoms with Crippen LogP contribution in [0.3, 0.4) is 0 Å². The summed E-state index contributed by atoms with van der Waals surface area (Å²) in [6.45, 7) is 1.69. The Morgan fingerprint density at radius 2 is 1.68 bits per heavy atom. The van der Waals surface area contributed by atoms with Crippen molar-refractivity contribution < 1.29 is 14.7 Å². The number of likely N-dealkylation sites (tertiary alicyclic amines) is 1. The molecule has 1 aliphatic rings. The molecule has 1 fully saturated rings. The molecule has 1 N–H and O–H groups in total. The Balaban J connectivity index is 2.03. The molecule has 0 unspecified atom stereocenters. The molecule has 0 bridgehead atoms. The Kier molecular flexibility index (Phi) is 6.40. The maximum Gasteiger partial charge on any atom is 0.312 e. The second-order valence-corrected chi connectivity index (χ2v) is 5.64. The quantitative estimate of drug-likeness (QED) is 0.856. The van der Waals surface area contributed by atoms with Crippen LogP contribution in [0, 0.1) is 0 Å². The average Bonchev–Trinajstić information content (AvgIpc) is 2.83. The fourth-order valence-corrected chi connectivity index (χ4v) is 2.72. The normalized spacial score (nSPS) is 15.2. The van der Waals surface area contributed by atoms with E-state index < -0.39 is 11.8 Å². The number of aliphatic hydroxyl groups is 1. The summed E-state index contributed by atoms with van der Waals surface area (Å²) in [5.41, 5.74) is 0.952. The first-order valence-electron chi connectivity index (χ1n) is 7.95. The van der Waals surface area contributed by atoms with E-state index in [0.717, 1.165) is 31.2 Å². The van der Waals surface area contributed by atoms with E-state index >= 15 is 0 Å². The highest BCUT2D eigenvalue weighted by molar-refractivity contribution is 6.34. The van der Waals surface area contributed by atoms with Crippen LogP contribution in [0.1, 0.15) is 31.2 Å². The fraction of sp³-hybridized carbons (Fsp3) is 0.529. The predicted molar refractivity (Wildman–Crippen MR) is 84.0 cm³/mol. The number of aliphatic hydroxyl groups excluding tert-OH is 1. The first-order chi connectivity index (χ1) is 10.7. The van der Waals surface area contributed by atoms with Gasteiger partial charge < -0.3 is 14.9 Å². The SMILES string of the molecule is O=C(C(=O)N(CCO)Cc1ccccc1)N1CCCCCC1. The number of carbonyl (C=O) groups excluding carboxylic acids is 2. The second kappa shape index (κ2) is 8.54. The molecule has 2 amide bonds. The van der Waals surface area contributed by atoms with Gasteiger partial charge in [0.15, 0.2) is 0 Å². The number of carbonyl (C=O) groups is 2. The summed E-state index contributed by atoms with van der Waals surface area (Å²) < 4.78 is 0. The van der Waals surface area contributed by atoms with E-state index in [1.807, 2.05) is 30.3 Å². The van der Waals surface area contributed by atoms with Gasteiger partial charge in [-0.15, -0.1) is 0 Å². The fourth-order valence-electron chi connectivity index (χ4n) is 2.72. The molecule has 0 radical (unpaired) electrons. The van der Waals surface area contributed by atoms with Gasteiger partial charge in [-0.2, -0.15) is 0 Å². The van der Waals surface area contributed by atoms with Crippen LogP contribution in [0.4, 0.5) is 0 Å². The van der Waals surface area contributed by atoms with E-state index in [1.165, 1.54) is 4.90 Å². The Morgan fingerprint density at radius 3 is 2.27 bits per heavy atom. The molecule has 1 saturated heterocycles. The lowest BCUT2D eigenvalue weighted by Gasteiger charge is -2.26. The molecule has 1 aromatic carbocycles. The summed E-state index contributed by atoms with van der Waals surface area (Å²) in [6.07, 6.45) is 4.14. The number of hydrogen-bond acceptors (Lipinski definition) is 3. The Morgan fingerprint density at radius 1 is 1.05 bits per heavy atom. The minimum Gasteiger partial charge on any atom is -0.395 e. The zero-order valence-corrected chi connectivity index (χ0v) is 12.9. The molecular formula is C17H24N2O3. The molecule has 0 aliphatic carbocycles. The lowest BCUT2D eigenvalue weighted by atomic mass is 10.2. The largest absolute Gasteiger partial charge is 0.395 e. The maximum atomic E-state index is 12.5. The Hall–Kier alpha value is -1.88. The minimum atomic E-state index is -0.514. The highest BCUT2D eigenvalue weighted by Gasteiger charge is 2.27. The van der Waals surface area contributed by atoms with Crippen LogP contribution in [-0.4, -0.2) is 53.0 Å². The smallest absolute Gasteiger partial charge is 0.312 e. The summed E-state index contributed by atoms with van der Waals surface area (Å²) >= 11 is 0. The highest BCUT2D eigenvalue weighted by Crippen LogP contribution is 2.12. The van der Waals surface area contributed by atoms with Crippen LogP contribution in [0.25, 0.3) is 0 Å². The zero-order chi connectivity index (χ0) is 15.8. The molecule has 5 heteroatoms. The Bertz CT molecular complexity index is 482. The number of benzene rings is 1. The van der Waals surface area contributed by atoms with Gasteiger partial charge in [-0.05, 0) is 18.4 Å². The standard InChI is InChI=1S/C17H24N2O3/c20-13-12-19(14-15-8-4-3-5-9-15)17(22)16(21)18-10-6-1-2-7-11-18/h3-5,8-9,20H,1-2,6-7,10-14H2. The summed E-state index contributed by atoms with van der Waals surface area (Å²) in [5.74, 6) is -0.953. The monoisotopic (exact) mass is 304 g/mol. The van der Waals surface area contributed by atoms with Crippen LogP contribution in [-0.2, 0) is 16.1 Å². The lowest BCUT2D eigenvalue weighted by molar-refractivity contribution is -0.152. The van der Waals surface area contributed by atoms with Crippen molar-refractivity contribution in [2.45, 2.75) is 32.2 Å². The third-order valence-electron chi connectivity index (χ3n) is 3.95. The van der Waals surface area contributed by atoms with E-state index in [4.69, 9.17) is 0 Å². The highest BCUT2D eigenvalue weighted by atomic mass is 16.3. The topological polar surface area (TPSA) is 60.9 Å². The molecule has 0 aromatic heterocycles. The minimum absolute atomic E-state index is 0.147. The molecule has 1 aliphatic heterocycles. The van der Waals surface area contributed by atoms with Crippen molar-refractivity contribution in [1.29, 1.82) is 0 Å². The zero-order valence-electron chi connectivity index (χ0n) is 12.9. The van der Waals surface area contributed by atoms with Gasteiger partial charge in [0.25, 0.3) is 0 Å². The van der Waals surface area contributed by atoms with Crippen molar-refractivity contribution in [2.75, 3.05) is 26.2 Å². The van der Waals surface area contributed by atoms with Crippen molar-refractivity contribution in [3.63, 3.8) is 0 Å². The van der Waals surface area contributed by atoms with Crippen molar-refractivity contribution in [3.8, 4) is 0 Å². The molecule has 120 valence electrons. The van der Waals surface area contributed by atoms with Crippen LogP contribution in [0.5, 0.6) is 0 Å². The average molecular weight is 304 g/mol. The third kappa shape index (κ3) is 4.56. The molecule has 1 heterocycles. The van der Waals surface area contributed by atoms with Crippen molar-refractivity contribution in [2.24, 2.45) is 0 Å². The van der Waals surface area contributed by atoms with Crippen LogP contribution in [0.2, 0.25) is 0 Å². The molecule has 1 aromatic rings. The van der Waals surface area contributed by atoms with Crippen LogP contribution < -0.4 is 0 Å². The Labute approximate surface area is 131 Å². The van der Waals surface area contributed by atoms with Gasteiger partial charge in [0.05, 0.1) is 6.61 Å². The molecule has 0 saturated carbocycles. The van der Waals surface area contributed by atoms with Crippen LogP contribution in [0.15, 0.2) is 30.3 Å². The predicted octanol–water partition coefficient (Wildman–Crippen LogP) is 1.41. The van der Waals surface area contributed by atoms with Gasteiger partial charge in [0.2, 0.25) is 0 Å². The van der Waals surface area contributed by atoms with Gasteiger partial charge >= 0.3 is 11.8 Å². The molecular weight excluding hydrogens is 280 g/mol. The van der Waals surface area contributed by atoms with E-state index in [-0.39, 0.29) is 13.2 Å². The van der Waals surface area contributed by atoms with Crippen molar-refractivity contribution in [3.05, 3.63) is 35.9 Å². The van der Waals surface area contributed by atoms with Crippen molar-refractivity contribution in [1.82, 2.24) is 9.80 Å². The summed E-state index contributed by atoms with van der Waals surface area (Å²) in [6, 6.07) is 9.52. The van der Waals surface area contributed by atoms with E-state index in [2.05, 4.69) is 0 Å². The number of nitrogens with zero attached hydrogens (tertiary/aromatic N) is 2. The van der Waals surface area contributed by atoms with Gasteiger partial charge in [0.1, 0.15) is 0 Å². The summed E-state index contributed by atoms with van der Waals surface area (Å²) in [4.78, 5) is 28.0. The number of rotatable bonds is 4. The van der Waals surface area contributed by atoms with E-state index in [0.29, 0.717) is 19.6 Å². The van der Waals surface area contributed by atoms with Crippen molar-refractivity contribution >= 4 is 11.8 Å². The van der Waals surface area contributed by atoms with E-state index in [9.17, 15) is 14.7 Å². The molecule has 0 atom stereocenters. The summed E-state index contributed by atoms with van der Waals surface area (Å²) in [5, 5.41) is 9.18. The number of hydrogen-bond donors (Lipinski definition) is 1. The van der Waals surface area contributed by atoms with Gasteiger partial charge in [0, 0.05) is 26.2 Å². The van der Waals surface area contributed by atoms with Gasteiger partial charge in [-0.1, -0.05) is 43.2 Å². The van der Waals surface area contributed by atoms with Gasteiger partial charge in [-0.3, -0.25) is 9.59 Å². The number of amides is 2. The third-order valence-corrected chi connectivity index (χ3v) is 3.95. The summed E-state index contributed by atoms with van der Waals surface area (Å²) in [7, 11) is 0. The molecule has 22 heavy (non-hydrogen) atoms. The maximum absolute atomic E-state index is 12.5. The van der Waals surface area contributed by atoms with E-state index in [1.54, 1.807) is 4.90 Å². The first kappa shape index (κ1) is 16.5. The molecule has 5 nitrogen and oxygen atoms in total. The molecule has 2 rings (SSSR count). The first-order valence-corrected chi connectivity index (χ1v) is 7.95. The lowest BCUT2D eigenvalue weighted by Crippen LogP contribution is -2.46. The molecule has 0 spiro atoms. The van der Waals surface area contributed by atoms with Gasteiger partial charge in [-0.25, -0.2) is 0 Å². The second-order valence-electron chi connectivity index (χ2n) is 5.64.